The Morgan fingerprint density at radius 2 is 2.06 bits per heavy atom. The van der Waals surface area contributed by atoms with E-state index in [1.807, 2.05) is 6.07 Å². The first-order valence-corrected chi connectivity index (χ1v) is 9.03. The minimum atomic E-state index is -0.104. The molecule has 0 heterocycles. The number of esters is 1. The molecule has 0 aliphatic heterocycles. The van der Waals surface area contributed by atoms with Crippen molar-refractivity contribution in [1.82, 2.24) is 0 Å². The number of hydrogen-bond acceptors (Lipinski definition) is 3. The maximum absolute atomic E-state index is 12.0. The molecule has 0 saturated heterocycles. The molecule has 2 rings (SSSR count). The van der Waals surface area contributed by atoms with Gasteiger partial charge in [0.2, 0.25) is 0 Å². The summed E-state index contributed by atoms with van der Waals surface area (Å²) in [7, 11) is 0. The van der Waals surface area contributed by atoms with Crippen LogP contribution in [-0.2, 0) is 30.9 Å². The molecule has 0 amide bonds. The van der Waals surface area contributed by atoms with Gasteiger partial charge in [0.05, 0.1) is 0 Å². The predicted octanol–water partition coefficient (Wildman–Crippen LogP) is 2.22. The molecular weight excluding hydrogens is 415 g/mol. The van der Waals surface area contributed by atoms with Crippen LogP contribution in [0.2, 0.25) is 0 Å². The molecule has 4 heteroatoms. The summed E-state index contributed by atoms with van der Waals surface area (Å²) < 4.78 is 6.45. The second kappa shape index (κ2) is 6.33. The molecule has 0 aromatic heterocycles. The topological polar surface area (TPSA) is 50.1 Å². The quantitative estimate of drug-likeness (QED) is 0.412. The van der Waals surface area contributed by atoms with Gasteiger partial charge in [-0.05, 0) is 0 Å². The summed E-state index contributed by atoms with van der Waals surface area (Å²) in [5.41, 5.74) is 0.704. The van der Waals surface area contributed by atoms with Crippen LogP contribution in [0.4, 0.5) is 0 Å². The normalized spacial score (nSPS) is 16.1. The zero-order chi connectivity index (χ0) is 13.0. The Bertz CT molecular complexity index is 487. The number of nitrogens with zero attached hydrogens (tertiary/aromatic N) is 1. The van der Waals surface area contributed by atoms with Crippen LogP contribution >= 0.6 is 0 Å². The Morgan fingerprint density at radius 3 is 2.67 bits per heavy atom. The van der Waals surface area contributed by atoms with Gasteiger partial charge in [0.25, 0.3) is 0 Å². The number of nitriles is 1. The first kappa shape index (κ1) is 13.5. The van der Waals surface area contributed by atoms with E-state index in [1.165, 1.54) is 6.42 Å². The van der Waals surface area contributed by atoms with Gasteiger partial charge in [-0.15, -0.1) is 0 Å². The molecule has 0 unspecified atom stereocenters. The predicted molar refractivity (Wildman–Crippen MR) is 63.0 cm³/mol. The summed E-state index contributed by atoms with van der Waals surface area (Å²) in [6.45, 7) is 0. The zero-order valence-electron chi connectivity index (χ0n) is 10.3. The van der Waals surface area contributed by atoms with Crippen LogP contribution in [0.15, 0.2) is 18.2 Å². The molecule has 18 heavy (non-hydrogen) atoms. The molecule has 1 aromatic carbocycles. The standard InChI is InChI=1S/C14H14NO2.Hg/c15-10-11-6-8-13(9-7-11)17-14(16)12-4-2-1-3-5-12;/h6,8-9,12H,1-5H2;. The third kappa shape index (κ3) is 3.32. The van der Waals surface area contributed by atoms with Crippen molar-refractivity contribution < 1.29 is 35.7 Å². The average Bonchev–Trinajstić information content (AvgIpc) is 2.40. The van der Waals surface area contributed by atoms with E-state index in [2.05, 4.69) is 6.07 Å². The summed E-state index contributed by atoms with van der Waals surface area (Å²) in [6, 6.07) is 7.44. The number of carbonyl (C=O) groups is 1. The van der Waals surface area contributed by atoms with Gasteiger partial charge < -0.3 is 0 Å². The molecule has 0 atom stereocenters. The van der Waals surface area contributed by atoms with E-state index in [1.54, 1.807) is 12.1 Å². The van der Waals surface area contributed by atoms with Crippen molar-refractivity contribution in [3.05, 3.63) is 23.8 Å². The molecule has 0 radical (unpaired) electrons. The Hall–Kier alpha value is -0.885. The van der Waals surface area contributed by atoms with Gasteiger partial charge in [0, 0.05) is 0 Å². The van der Waals surface area contributed by atoms with Crippen molar-refractivity contribution in [2.75, 3.05) is 0 Å². The van der Waals surface area contributed by atoms with Crippen LogP contribution in [0.1, 0.15) is 37.7 Å². The van der Waals surface area contributed by atoms with Gasteiger partial charge in [-0.25, -0.2) is 0 Å². The molecule has 1 saturated carbocycles. The molecule has 1 aromatic rings. The Morgan fingerprint density at radius 1 is 1.33 bits per heavy atom. The fraction of sp³-hybridized carbons (Fsp3) is 0.429. The summed E-state index contributed by atoms with van der Waals surface area (Å²) in [5.74, 6) is 0.554. The number of benzene rings is 1. The summed E-state index contributed by atoms with van der Waals surface area (Å²) in [6.07, 6.45) is 5.38. The van der Waals surface area contributed by atoms with Crippen LogP contribution in [-0.4, -0.2) is 5.97 Å². The van der Waals surface area contributed by atoms with Crippen molar-refractivity contribution in [3.63, 3.8) is 0 Å². The summed E-state index contributed by atoms with van der Waals surface area (Å²) in [4.78, 5) is 12.0. The van der Waals surface area contributed by atoms with Crippen LogP contribution in [0.3, 0.4) is 0 Å². The maximum atomic E-state index is 12.0. The third-order valence-corrected chi connectivity index (χ3v) is 5.63. The number of rotatable bonds is 2. The van der Waals surface area contributed by atoms with Gasteiger partial charge in [0.1, 0.15) is 0 Å². The van der Waals surface area contributed by atoms with E-state index in [-0.39, 0.29) is 11.9 Å². The van der Waals surface area contributed by atoms with Crippen molar-refractivity contribution in [3.8, 4) is 11.8 Å². The van der Waals surface area contributed by atoms with E-state index in [0.29, 0.717) is 37.4 Å². The molecular formula is C14H14HgNO2. The van der Waals surface area contributed by atoms with Gasteiger partial charge in [-0.2, -0.15) is 0 Å². The van der Waals surface area contributed by atoms with Crippen LogP contribution in [0, 0.1) is 17.2 Å². The Labute approximate surface area is 123 Å². The first-order chi connectivity index (χ1) is 8.70. The van der Waals surface area contributed by atoms with Crippen molar-refractivity contribution in [2.45, 2.75) is 32.1 Å². The van der Waals surface area contributed by atoms with Crippen LogP contribution < -0.4 is 7.81 Å². The molecule has 1 aliphatic rings. The minimum absolute atomic E-state index is 0.0665. The molecule has 0 N–H and O–H groups in total. The molecule has 0 spiro atoms. The number of ether oxygens (including phenoxy) is 1. The van der Waals surface area contributed by atoms with Gasteiger partial charge in [0.15, 0.2) is 0 Å². The van der Waals surface area contributed by atoms with E-state index >= 15 is 0 Å². The van der Waals surface area contributed by atoms with Crippen molar-refractivity contribution >= 4 is 9.04 Å². The monoisotopic (exact) mass is 430 g/mol. The molecule has 0 bridgehead atoms. The molecule has 3 nitrogen and oxygen atoms in total. The van der Waals surface area contributed by atoms with Gasteiger partial charge in [-0.1, -0.05) is 0 Å². The summed E-state index contributed by atoms with van der Waals surface area (Å²) in [5, 5.41) is 8.87. The Kier molecular flexibility index (Phi) is 4.76. The van der Waals surface area contributed by atoms with Gasteiger partial charge in [-0.3, -0.25) is 0 Å². The molecule has 1 aliphatic carbocycles. The number of carbonyl (C=O) groups excluding carboxylic acids is 1. The van der Waals surface area contributed by atoms with Crippen LogP contribution in [0.5, 0.6) is 5.75 Å². The van der Waals surface area contributed by atoms with E-state index in [9.17, 15) is 4.79 Å². The fourth-order valence-electron chi connectivity index (χ4n) is 2.28. The second-order valence-corrected chi connectivity index (χ2v) is 7.65. The summed E-state index contributed by atoms with van der Waals surface area (Å²) >= 11 is 0.355. The van der Waals surface area contributed by atoms with Crippen molar-refractivity contribution in [2.24, 2.45) is 5.92 Å². The average molecular weight is 429 g/mol. The SMILES string of the molecule is N#Cc1ccc(OC(=O)C2CCCCC2)c[c]1[Hg]. The van der Waals surface area contributed by atoms with Crippen molar-refractivity contribution in [1.29, 1.82) is 5.26 Å². The van der Waals surface area contributed by atoms with Crippen LogP contribution in [0.25, 0.3) is 0 Å². The first-order valence-electron chi connectivity index (χ1n) is 6.28. The Balaban J connectivity index is 2.02. The fourth-order valence-corrected chi connectivity index (χ4v) is 3.83. The third-order valence-electron chi connectivity index (χ3n) is 3.35. The number of hydrogen-bond donors (Lipinski definition) is 0. The van der Waals surface area contributed by atoms with E-state index < -0.39 is 0 Å². The molecule has 1 fully saturated rings. The molecule has 89 valence electrons. The van der Waals surface area contributed by atoms with Gasteiger partial charge >= 0.3 is 124 Å². The second-order valence-electron chi connectivity index (χ2n) is 4.69. The van der Waals surface area contributed by atoms with E-state index in [4.69, 9.17) is 10.00 Å². The zero-order valence-corrected chi connectivity index (χ0v) is 15.8. The van der Waals surface area contributed by atoms with E-state index in [0.717, 1.165) is 28.8 Å².